The topological polar surface area (TPSA) is 24.5 Å². The quantitative estimate of drug-likeness (QED) is 0.630. The summed E-state index contributed by atoms with van der Waals surface area (Å²) < 4.78 is 5.31. The fourth-order valence-corrected chi connectivity index (χ4v) is 2.19. The summed E-state index contributed by atoms with van der Waals surface area (Å²) in [4.78, 5) is 2.46. The zero-order valence-electron chi connectivity index (χ0n) is 8.54. The van der Waals surface area contributed by atoms with Crippen LogP contribution in [0.4, 0.5) is 0 Å². The molecule has 0 saturated carbocycles. The Morgan fingerprint density at radius 2 is 2.14 bits per heavy atom. The number of rotatable bonds is 2. The molecular weight excluding hydrogens is 176 g/mol. The number of terminal acetylenes is 1. The zero-order valence-corrected chi connectivity index (χ0v) is 8.54. The van der Waals surface area contributed by atoms with Gasteiger partial charge in [-0.3, -0.25) is 10.2 Å². The molecule has 0 radical (unpaired) electrons. The third-order valence-corrected chi connectivity index (χ3v) is 3.02. The summed E-state index contributed by atoms with van der Waals surface area (Å²) >= 11 is 0. The molecule has 0 amide bonds. The second-order valence-corrected chi connectivity index (χ2v) is 4.07. The van der Waals surface area contributed by atoms with E-state index < -0.39 is 0 Å². The first-order valence-corrected chi connectivity index (χ1v) is 5.41. The Morgan fingerprint density at radius 3 is 2.79 bits per heavy atom. The molecule has 1 unspecified atom stereocenters. The summed E-state index contributed by atoms with van der Waals surface area (Å²) in [5, 5.41) is 3.47. The van der Waals surface area contributed by atoms with Crippen molar-refractivity contribution in [1.29, 1.82) is 0 Å². The molecule has 0 aliphatic carbocycles. The first kappa shape index (κ1) is 9.97. The normalized spacial score (nSPS) is 34.2. The monoisotopic (exact) mass is 194 g/mol. The summed E-state index contributed by atoms with van der Waals surface area (Å²) in [6.45, 7) is 5.02. The molecule has 0 aromatic rings. The highest BCUT2D eigenvalue weighted by Gasteiger charge is 2.24. The van der Waals surface area contributed by atoms with Crippen molar-refractivity contribution in [2.75, 3.05) is 32.8 Å². The van der Waals surface area contributed by atoms with E-state index in [1.807, 2.05) is 0 Å². The maximum absolute atomic E-state index is 5.38. The Hall–Kier alpha value is -0.560. The largest absolute Gasteiger partial charge is 0.379 e. The number of hydrogen-bond acceptors (Lipinski definition) is 3. The van der Waals surface area contributed by atoms with E-state index in [1.165, 1.54) is 6.42 Å². The zero-order chi connectivity index (χ0) is 9.80. The van der Waals surface area contributed by atoms with Crippen LogP contribution >= 0.6 is 0 Å². The SMILES string of the molecule is C#CC1CC[C@H](CN2CCOCC2)N1. The van der Waals surface area contributed by atoms with Crippen LogP contribution in [0.25, 0.3) is 0 Å². The molecule has 2 aliphatic heterocycles. The van der Waals surface area contributed by atoms with Gasteiger partial charge in [-0.1, -0.05) is 5.92 Å². The molecule has 3 heteroatoms. The summed E-state index contributed by atoms with van der Waals surface area (Å²) in [6.07, 6.45) is 7.73. The predicted octanol–water partition coefficient (Wildman–Crippen LogP) is 0.0724. The van der Waals surface area contributed by atoms with E-state index >= 15 is 0 Å². The molecule has 14 heavy (non-hydrogen) atoms. The first-order chi connectivity index (χ1) is 6.88. The van der Waals surface area contributed by atoms with Gasteiger partial charge in [-0.15, -0.1) is 6.42 Å². The maximum Gasteiger partial charge on any atom is 0.0690 e. The lowest BCUT2D eigenvalue weighted by Crippen LogP contribution is -2.44. The molecule has 78 valence electrons. The van der Waals surface area contributed by atoms with Crippen LogP contribution in [0.2, 0.25) is 0 Å². The summed E-state index contributed by atoms with van der Waals surface area (Å²) in [6, 6.07) is 0.898. The highest BCUT2D eigenvalue weighted by Crippen LogP contribution is 2.13. The molecule has 2 saturated heterocycles. The minimum atomic E-state index is 0.307. The lowest BCUT2D eigenvalue weighted by Gasteiger charge is -2.29. The van der Waals surface area contributed by atoms with Gasteiger partial charge in [-0.25, -0.2) is 0 Å². The van der Waals surface area contributed by atoms with Gasteiger partial charge >= 0.3 is 0 Å². The van der Waals surface area contributed by atoms with Gasteiger partial charge in [0.05, 0.1) is 19.3 Å². The Morgan fingerprint density at radius 1 is 1.36 bits per heavy atom. The van der Waals surface area contributed by atoms with Crippen molar-refractivity contribution < 1.29 is 4.74 Å². The second-order valence-electron chi connectivity index (χ2n) is 4.07. The lowest BCUT2D eigenvalue weighted by atomic mass is 10.2. The third-order valence-electron chi connectivity index (χ3n) is 3.02. The van der Waals surface area contributed by atoms with Gasteiger partial charge in [0.15, 0.2) is 0 Å². The molecule has 1 N–H and O–H groups in total. The standard InChI is InChI=1S/C11H18N2O/c1-2-10-3-4-11(12-10)9-13-5-7-14-8-6-13/h1,10-12H,3-9H2/t10?,11-/m1/s1. The molecule has 0 bridgehead atoms. The molecule has 2 atom stereocenters. The molecular formula is C11H18N2O. The van der Waals surface area contributed by atoms with E-state index in [2.05, 4.69) is 16.1 Å². The van der Waals surface area contributed by atoms with E-state index in [9.17, 15) is 0 Å². The van der Waals surface area contributed by atoms with Crippen LogP contribution in [-0.4, -0.2) is 49.8 Å². The smallest absolute Gasteiger partial charge is 0.0690 e. The van der Waals surface area contributed by atoms with Crippen LogP contribution in [0.3, 0.4) is 0 Å². The van der Waals surface area contributed by atoms with E-state index in [-0.39, 0.29) is 0 Å². The van der Waals surface area contributed by atoms with Gasteiger partial charge < -0.3 is 4.74 Å². The second kappa shape index (κ2) is 4.79. The Labute approximate surface area is 85.8 Å². The van der Waals surface area contributed by atoms with Crippen LogP contribution < -0.4 is 5.32 Å². The van der Waals surface area contributed by atoms with Crippen molar-refractivity contribution in [1.82, 2.24) is 10.2 Å². The minimum absolute atomic E-state index is 0.307. The Bertz CT molecular complexity index is 218. The average Bonchev–Trinajstić information content (AvgIpc) is 2.67. The number of nitrogens with zero attached hydrogens (tertiary/aromatic N) is 1. The Kier molecular flexibility index (Phi) is 3.41. The van der Waals surface area contributed by atoms with Crippen molar-refractivity contribution in [3.63, 3.8) is 0 Å². The van der Waals surface area contributed by atoms with Gasteiger partial charge in [0.25, 0.3) is 0 Å². The van der Waals surface area contributed by atoms with Gasteiger partial charge in [0.1, 0.15) is 0 Å². The number of ether oxygens (including phenoxy) is 1. The van der Waals surface area contributed by atoms with Crippen LogP contribution in [0.1, 0.15) is 12.8 Å². The lowest BCUT2D eigenvalue weighted by molar-refractivity contribution is 0.0343. The van der Waals surface area contributed by atoms with Crippen molar-refractivity contribution in [3.8, 4) is 12.3 Å². The average molecular weight is 194 g/mol. The highest BCUT2D eigenvalue weighted by atomic mass is 16.5. The van der Waals surface area contributed by atoms with Crippen molar-refractivity contribution in [2.45, 2.75) is 24.9 Å². The molecule has 0 aromatic heterocycles. The fraction of sp³-hybridized carbons (Fsp3) is 0.818. The summed E-state index contributed by atoms with van der Waals surface area (Å²) in [7, 11) is 0. The summed E-state index contributed by atoms with van der Waals surface area (Å²) in [5.74, 6) is 2.78. The van der Waals surface area contributed by atoms with Crippen LogP contribution in [0, 0.1) is 12.3 Å². The third kappa shape index (κ3) is 2.48. The minimum Gasteiger partial charge on any atom is -0.379 e. The number of hydrogen-bond donors (Lipinski definition) is 1. The van der Waals surface area contributed by atoms with E-state index in [4.69, 9.17) is 11.2 Å². The van der Waals surface area contributed by atoms with E-state index in [0.717, 1.165) is 39.3 Å². The first-order valence-electron chi connectivity index (χ1n) is 5.41. The van der Waals surface area contributed by atoms with Crippen LogP contribution in [-0.2, 0) is 4.74 Å². The molecule has 2 heterocycles. The fourth-order valence-electron chi connectivity index (χ4n) is 2.19. The maximum atomic E-state index is 5.38. The van der Waals surface area contributed by atoms with Crippen LogP contribution in [0.15, 0.2) is 0 Å². The molecule has 3 nitrogen and oxygen atoms in total. The van der Waals surface area contributed by atoms with E-state index in [0.29, 0.717) is 12.1 Å². The molecule has 2 rings (SSSR count). The van der Waals surface area contributed by atoms with Crippen LogP contribution in [0.5, 0.6) is 0 Å². The van der Waals surface area contributed by atoms with Crippen molar-refractivity contribution >= 4 is 0 Å². The highest BCUT2D eigenvalue weighted by molar-refractivity contribution is 5.04. The van der Waals surface area contributed by atoms with Gasteiger partial charge in [-0.05, 0) is 12.8 Å². The molecule has 2 fully saturated rings. The molecule has 2 aliphatic rings. The number of nitrogens with one attached hydrogen (secondary N) is 1. The molecule has 0 aromatic carbocycles. The summed E-state index contributed by atoms with van der Waals surface area (Å²) in [5.41, 5.74) is 0. The van der Waals surface area contributed by atoms with Gasteiger partial charge in [0.2, 0.25) is 0 Å². The van der Waals surface area contributed by atoms with Gasteiger partial charge in [-0.2, -0.15) is 0 Å². The Balaban J connectivity index is 1.73. The van der Waals surface area contributed by atoms with Gasteiger partial charge in [0, 0.05) is 25.7 Å². The molecule has 0 spiro atoms. The van der Waals surface area contributed by atoms with Crippen molar-refractivity contribution in [3.05, 3.63) is 0 Å². The van der Waals surface area contributed by atoms with Crippen molar-refractivity contribution in [2.24, 2.45) is 0 Å². The number of morpholine rings is 1. The van der Waals surface area contributed by atoms with E-state index in [1.54, 1.807) is 0 Å². The predicted molar refractivity (Wildman–Crippen MR) is 56.0 cm³/mol.